The van der Waals surface area contributed by atoms with Crippen LogP contribution < -0.4 is 11.1 Å². The third-order valence-corrected chi connectivity index (χ3v) is 2.62. The summed E-state index contributed by atoms with van der Waals surface area (Å²) in [5.41, 5.74) is 7.18. The van der Waals surface area contributed by atoms with Gasteiger partial charge in [0.05, 0.1) is 5.56 Å². The van der Waals surface area contributed by atoms with E-state index < -0.39 is 11.7 Å². The number of aryl methyl sites for hydroxylation is 1. The molecule has 0 bridgehead atoms. The van der Waals surface area contributed by atoms with E-state index in [9.17, 15) is 9.18 Å². The minimum Gasteiger partial charge on any atom is -0.398 e. The van der Waals surface area contributed by atoms with Gasteiger partial charge in [0, 0.05) is 17.6 Å². The van der Waals surface area contributed by atoms with Crippen molar-refractivity contribution < 1.29 is 9.18 Å². The average Bonchev–Trinajstić information content (AvgIpc) is 2.70. The van der Waals surface area contributed by atoms with Gasteiger partial charge in [-0.3, -0.25) is 10.1 Å². The molecule has 1 aromatic heterocycles. The maximum absolute atomic E-state index is 13.6. The monoisotopic (exact) mass is 248 g/mol. The molecule has 0 aliphatic rings. The van der Waals surface area contributed by atoms with Crippen molar-refractivity contribution in [2.45, 2.75) is 13.8 Å². The number of hydrogen-bond donors (Lipinski definition) is 3. The largest absolute Gasteiger partial charge is 0.398 e. The molecule has 0 aliphatic carbocycles. The second-order valence-corrected chi connectivity index (χ2v) is 4.01. The Kier molecular flexibility index (Phi) is 3.01. The minimum absolute atomic E-state index is 0.0657. The van der Waals surface area contributed by atoms with Crippen LogP contribution in [0.2, 0.25) is 0 Å². The zero-order valence-corrected chi connectivity index (χ0v) is 10.0. The molecule has 0 fully saturated rings. The summed E-state index contributed by atoms with van der Waals surface area (Å²) in [6, 6.07) is 2.60. The normalized spacial score (nSPS) is 10.4. The maximum atomic E-state index is 13.6. The van der Waals surface area contributed by atoms with E-state index in [0.717, 1.165) is 5.69 Å². The van der Waals surface area contributed by atoms with Gasteiger partial charge in [0.15, 0.2) is 0 Å². The van der Waals surface area contributed by atoms with Crippen LogP contribution in [0.3, 0.4) is 0 Å². The predicted octanol–water partition coefficient (Wildman–Crippen LogP) is 2.00. The van der Waals surface area contributed by atoms with Crippen molar-refractivity contribution in [2.75, 3.05) is 11.1 Å². The molecule has 1 aromatic carbocycles. The predicted molar refractivity (Wildman–Crippen MR) is 66.8 cm³/mol. The van der Waals surface area contributed by atoms with Crippen molar-refractivity contribution in [3.8, 4) is 0 Å². The van der Waals surface area contributed by atoms with Crippen LogP contribution in [0.5, 0.6) is 0 Å². The van der Waals surface area contributed by atoms with Crippen LogP contribution in [-0.4, -0.2) is 15.9 Å². The molecular formula is C12H13FN4O. The zero-order valence-electron chi connectivity index (χ0n) is 10.0. The Balaban J connectivity index is 2.32. The highest BCUT2D eigenvalue weighted by Crippen LogP contribution is 2.20. The summed E-state index contributed by atoms with van der Waals surface area (Å²) in [5.74, 6) is -0.909. The SMILES string of the molecule is Cc1cnc(NC(=O)c2c(F)ccc(N)c2C)[nH]1. The lowest BCUT2D eigenvalue weighted by molar-refractivity contribution is 0.102. The number of aromatic amines is 1. The number of H-pyrrole nitrogens is 1. The third kappa shape index (κ3) is 2.17. The molecule has 2 rings (SSSR count). The van der Waals surface area contributed by atoms with Crippen LogP contribution in [0.1, 0.15) is 21.6 Å². The molecule has 0 spiro atoms. The van der Waals surface area contributed by atoms with E-state index in [1.54, 1.807) is 20.0 Å². The Labute approximate surface area is 103 Å². The van der Waals surface area contributed by atoms with Crippen molar-refractivity contribution in [1.82, 2.24) is 9.97 Å². The molecule has 2 aromatic rings. The molecule has 4 N–H and O–H groups in total. The van der Waals surface area contributed by atoms with Crippen LogP contribution in [0.25, 0.3) is 0 Å². The van der Waals surface area contributed by atoms with E-state index in [-0.39, 0.29) is 11.5 Å². The Morgan fingerprint density at radius 2 is 2.17 bits per heavy atom. The number of nitrogens with zero attached hydrogens (tertiary/aromatic N) is 1. The molecule has 1 heterocycles. The molecule has 94 valence electrons. The Bertz CT molecular complexity index is 606. The summed E-state index contributed by atoms with van der Waals surface area (Å²) in [6.07, 6.45) is 1.57. The Hall–Kier alpha value is -2.37. The number of halogens is 1. The van der Waals surface area contributed by atoms with Crippen molar-refractivity contribution in [2.24, 2.45) is 0 Å². The first-order valence-electron chi connectivity index (χ1n) is 5.36. The van der Waals surface area contributed by atoms with Crippen LogP contribution >= 0.6 is 0 Å². The van der Waals surface area contributed by atoms with Gasteiger partial charge in [0.25, 0.3) is 5.91 Å². The Morgan fingerprint density at radius 1 is 1.44 bits per heavy atom. The first kappa shape index (κ1) is 12.1. The van der Waals surface area contributed by atoms with Gasteiger partial charge >= 0.3 is 0 Å². The molecular weight excluding hydrogens is 235 g/mol. The fraction of sp³-hybridized carbons (Fsp3) is 0.167. The van der Waals surface area contributed by atoms with Gasteiger partial charge in [-0.05, 0) is 31.5 Å². The van der Waals surface area contributed by atoms with E-state index in [2.05, 4.69) is 15.3 Å². The van der Waals surface area contributed by atoms with Crippen molar-refractivity contribution >= 4 is 17.5 Å². The van der Waals surface area contributed by atoms with Crippen LogP contribution in [-0.2, 0) is 0 Å². The fourth-order valence-electron chi connectivity index (χ4n) is 1.62. The average molecular weight is 248 g/mol. The number of rotatable bonds is 2. The van der Waals surface area contributed by atoms with E-state index in [4.69, 9.17) is 5.73 Å². The minimum atomic E-state index is -0.609. The topological polar surface area (TPSA) is 83.8 Å². The lowest BCUT2D eigenvalue weighted by atomic mass is 10.1. The second kappa shape index (κ2) is 4.48. The zero-order chi connectivity index (χ0) is 13.3. The number of nitrogens with two attached hydrogens (primary N) is 1. The van der Waals surface area contributed by atoms with Crippen molar-refractivity contribution in [3.63, 3.8) is 0 Å². The van der Waals surface area contributed by atoms with Crippen LogP contribution in [0.4, 0.5) is 16.0 Å². The summed E-state index contributed by atoms with van der Waals surface area (Å²) in [4.78, 5) is 18.7. The molecule has 0 saturated carbocycles. The quantitative estimate of drug-likeness (QED) is 0.711. The standard InChI is InChI=1S/C12H13FN4O/c1-6-5-15-12(16-6)17-11(18)10-7(2)9(14)4-3-8(10)13/h3-5H,14H2,1-2H3,(H2,15,16,17,18). The number of benzene rings is 1. The smallest absolute Gasteiger partial charge is 0.261 e. The van der Waals surface area contributed by atoms with Crippen molar-refractivity contribution in [1.29, 1.82) is 0 Å². The van der Waals surface area contributed by atoms with E-state index in [0.29, 0.717) is 11.3 Å². The van der Waals surface area contributed by atoms with Gasteiger partial charge < -0.3 is 10.7 Å². The number of carbonyl (C=O) groups excluding carboxylic acids is 1. The summed E-state index contributed by atoms with van der Waals surface area (Å²) in [7, 11) is 0. The summed E-state index contributed by atoms with van der Waals surface area (Å²) in [6.45, 7) is 3.40. The number of amides is 1. The van der Waals surface area contributed by atoms with Gasteiger partial charge in [0.1, 0.15) is 5.82 Å². The molecule has 0 saturated heterocycles. The lowest BCUT2D eigenvalue weighted by Crippen LogP contribution is -2.17. The molecule has 6 heteroatoms. The summed E-state index contributed by atoms with van der Waals surface area (Å²) in [5, 5.41) is 2.49. The molecule has 0 unspecified atom stereocenters. The van der Waals surface area contributed by atoms with E-state index >= 15 is 0 Å². The number of anilines is 2. The van der Waals surface area contributed by atoms with Crippen LogP contribution in [0.15, 0.2) is 18.3 Å². The number of aromatic nitrogens is 2. The Morgan fingerprint density at radius 3 is 2.78 bits per heavy atom. The van der Waals surface area contributed by atoms with Gasteiger partial charge in [-0.25, -0.2) is 9.37 Å². The highest BCUT2D eigenvalue weighted by Gasteiger charge is 2.17. The first-order valence-corrected chi connectivity index (χ1v) is 5.36. The summed E-state index contributed by atoms with van der Waals surface area (Å²) < 4.78 is 13.6. The first-order chi connectivity index (χ1) is 8.49. The summed E-state index contributed by atoms with van der Waals surface area (Å²) >= 11 is 0. The number of hydrogen-bond acceptors (Lipinski definition) is 3. The fourth-order valence-corrected chi connectivity index (χ4v) is 1.62. The maximum Gasteiger partial charge on any atom is 0.261 e. The van der Waals surface area contributed by atoms with Crippen LogP contribution in [0, 0.1) is 19.7 Å². The van der Waals surface area contributed by atoms with E-state index in [1.165, 1.54) is 12.1 Å². The highest BCUT2D eigenvalue weighted by molar-refractivity contribution is 6.05. The highest BCUT2D eigenvalue weighted by atomic mass is 19.1. The molecule has 0 atom stereocenters. The molecule has 5 nitrogen and oxygen atoms in total. The van der Waals surface area contributed by atoms with Gasteiger partial charge in [0.2, 0.25) is 5.95 Å². The molecule has 0 aliphatic heterocycles. The third-order valence-electron chi connectivity index (χ3n) is 2.62. The molecule has 0 radical (unpaired) electrons. The number of nitrogen functional groups attached to an aromatic ring is 1. The number of nitrogens with one attached hydrogen (secondary N) is 2. The van der Waals surface area contributed by atoms with E-state index in [1.807, 2.05) is 0 Å². The van der Waals surface area contributed by atoms with Crippen molar-refractivity contribution in [3.05, 3.63) is 41.0 Å². The molecule has 1 amide bonds. The second-order valence-electron chi connectivity index (χ2n) is 4.01. The number of imidazole rings is 1. The van der Waals surface area contributed by atoms with Gasteiger partial charge in [-0.15, -0.1) is 0 Å². The van der Waals surface area contributed by atoms with Gasteiger partial charge in [-0.2, -0.15) is 0 Å². The number of carbonyl (C=O) groups is 1. The lowest BCUT2D eigenvalue weighted by Gasteiger charge is -2.09. The van der Waals surface area contributed by atoms with Gasteiger partial charge in [-0.1, -0.05) is 0 Å². The molecule has 18 heavy (non-hydrogen) atoms.